The Labute approximate surface area is 114 Å². The van der Waals surface area contributed by atoms with Crippen molar-refractivity contribution in [1.29, 1.82) is 0 Å². The van der Waals surface area contributed by atoms with E-state index in [0.29, 0.717) is 12.1 Å². The van der Waals surface area contributed by atoms with Gasteiger partial charge in [0.1, 0.15) is 0 Å². The molecule has 0 aliphatic heterocycles. The van der Waals surface area contributed by atoms with E-state index >= 15 is 0 Å². The van der Waals surface area contributed by atoms with Crippen LogP contribution in [0.4, 0.5) is 0 Å². The summed E-state index contributed by atoms with van der Waals surface area (Å²) in [5, 5.41) is 2.96. The number of hydrogen-bond donors (Lipinski definition) is 2. The maximum atomic E-state index is 11.9. The van der Waals surface area contributed by atoms with Crippen LogP contribution in [0.1, 0.15) is 30.1 Å². The molecule has 1 aliphatic rings. The van der Waals surface area contributed by atoms with Gasteiger partial charge in [-0.2, -0.15) is 0 Å². The first-order valence-electron chi connectivity index (χ1n) is 6.52. The van der Waals surface area contributed by atoms with Gasteiger partial charge < -0.3 is 5.32 Å². The van der Waals surface area contributed by atoms with E-state index in [-0.39, 0.29) is 5.91 Å². The van der Waals surface area contributed by atoms with Gasteiger partial charge in [0, 0.05) is 29.6 Å². The second-order valence-corrected chi connectivity index (χ2v) is 5.18. The quantitative estimate of drug-likeness (QED) is 0.772. The Balaban J connectivity index is 1.77. The van der Waals surface area contributed by atoms with E-state index < -0.39 is 0 Å². The molecule has 0 unspecified atom stereocenters. The molecule has 0 spiro atoms. The zero-order valence-corrected chi connectivity index (χ0v) is 11.6. The Hall–Kier alpha value is -1.00. The van der Waals surface area contributed by atoms with Gasteiger partial charge in [0.05, 0.1) is 0 Å². The largest absolute Gasteiger partial charge is 0.351 e. The number of rotatable bonds is 6. The summed E-state index contributed by atoms with van der Waals surface area (Å²) in [5.41, 5.74) is 0.678. The molecule has 1 aliphatic carbocycles. The van der Waals surface area contributed by atoms with Crippen molar-refractivity contribution >= 4 is 18.5 Å². The summed E-state index contributed by atoms with van der Waals surface area (Å²) in [5.74, 6) is -0.0160. The lowest BCUT2D eigenvalue weighted by molar-refractivity contribution is 0.0947. The van der Waals surface area contributed by atoms with Crippen LogP contribution in [0.5, 0.6) is 0 Å². The number of carbonyl (C=O) groups excluding carboxylic acids is 1. The highest BCUT2D eigenvalue weighted by atomic mass is 32.1. The Morgan fingerprint density at radius 3 is 2.89 bits per heavy atom. The van der Waals surface area contributed by atoms with Gasteiger partial charge >= 0.3 is 0 Å². The van der Waals surface area contributed by atoms with Crippen LogP contribution in [0.25, 0.3) is 0 Å². The molecule has 0 aromatic heterocycles. The van der Waals surface area contributed by atoms with Gasteiger partial charge in [-0.05, 0) is 37.6 Å². The summed E-state index contributed by atoms with van der Waals surface area (Å²) in [7, 11) is 0. The predicted molar refractivity (Wildman–Crippen MR) is 76.3 cm³/mol. The molecule has 1 fully saturated rings. The Bertz CT molecular complexity index is 418. The van der Waals surface area contributed by atoms with Crippen LogP contribution >= 0.6 is 12.6 Å². The van der Waals surface area contributed by atoms with Crippen LogP contribution in [0, 0.1) is 0 Å². The average Bonchev–Trinajstić information content (AvgIpc) is 3.18. The standard InChI is InChI=1S/C14H20N2OS/c1-2-16(12-6-7-12)9-8-15-14(17)11-4-3-5-13(18)10-11/h3-5,10,12,18H,2,6-9H2,1H3,(H,15,17). The molecule has 1 amide bonds. The molecule has 18 heavy (non-hydrogen) atoms. The van der Waals surface area contributed by atoms with Gasteiger partial charge in [-0.15, -0.1) is 12.6 Å². The molecule has 0 atom stereocenters. The number of thiol groups is 1. The average molecular weight is 264 g/mol. The van der Waals surface area contributed by atoms with Crippen LogP contribution in [-0.4, -0.2) is 36.5 Å². The van der Waals surface area contributed by atoms with E-state index in [1.807, 2.05) is 18.2 Å². The molecule has 1 saturated carbocycles. The monoisotopic (exact) mass is 264 g/mol. The molecule has 3 nitrogen and oxygen atoms in total. The SMILES string of the molecule is CCN(CCNC(=O)c1cccc(S)c1)C1CC1. The van der Waals surface area contributed by atoms with E-state index in [4.69, 9.17) is 0 Å². The third kappa shape index (κ3) is 3.75. The summed E-state index contributed by atoms with van der Waals surface area (Å²) >= 11 is 4.23. The predicted octanol–water partition coefficient (Wildman–Crippen LogP) is 2.19. The van der Waals surface area contributed by atoms with Gasteiger partial charge in [0.15, 0.2) is 0 Å². The molecule has 2 rings (SSSR count). The van der Waals surface area contributed by atoms with Gasteiger partial charge in [0.25, 0.3) is 5.91 Å². The van der Waals surface area contributed by atoms with E-state index in [9.17, 15) is 4.79 Å². The molecule has 0 heterocycles. The number of likely N-dealkylation sites (N-methyl/N-ethyl adjacent to an activating group) is 1. The molecule has 98 valence electrons. The highest BCUT2D eigenvalue weighted by Crippen LogP contribution is 2.25. The van der Waals surface area contributed by atoms with Gasteiger partial charge in [0.2, 0.25) is 0 Å². The zero-order chi connectivity index (χ0) is 13.0. The van der Waals surface area contributed by atoms with Crippen LogP contribution in [0.2, 0.25) is 0 Å². The van der Waals surface area contributed by atoms with Crippen molar-refractivity contribution in [3.63, 3.8) is 0 Å². The van der Waals surface area contributed by atoms with E-state index in [2.05, 4.69) is 29.8 Å². The van der Waals surface area contributed by atoms with E-state index in [1.54, 1.807) is 6.07 Å². The third-order valence-corrected chi connectivity index (χ3v) is 3.54. The number of hydrogen-bond acceptors (Lipinski definition) is 3. The number of benzene rings is 1. The number of carbonyl (C=O) groups is 1. The van der Waals surface area contributed by atoms with Crippen LogP contribution in [-0.2, 0) is 0 Å². The van der Waals surface area contributed by atoms with Crippen LogP contribution < -0.4 is 5.32 Å². The number of amides is 1. The van der Waals surface area contributed by atoms with Gasteiger partial charge in [-0.1, -0.05) is 13.0 Å². The lowest BCUT2D eigenvalue weighted by Gasteiger charge is -2.19. The normalized spacial score (nSPS) is 14.8. The lowest BCUT2D eigenvalue weighted by atomic mass is 10.2. The molecule has 4 heteroatoms. The van der Waals surface area contributed by atoms with Gasteiger partial charge in [-0.25, -0.2) is 0 Å². The van der Waals surface area contributed by atoms with Crippen molar-refractivity contribution < 1.29 is 4.79 Å². The summed E-state index contributed by atoms with van der Waals surface area (Å²) in [6, 6.07) is 8.07. The fourth-order valence-electron chi connectivity index (χ4n) is 2.10. The highest BCUT2D eigenvalue weighted by Gasteiger charge is 2.27. The Kier molecular flexibility index (Phi) is 4.66. The van der Waals surface area contributed by atoms with Crippen LogP contribution in [0.15, 0.2) is 29.2 Å². The second-order valence-electron chi connectivity index (χ2n) is 4.67. The second kappa shape index (κ2) is 6.25. The van der Waals surface area contributed by atoms with E-state index in [0.717, 1.165) is 24.0 Å². The first-order chi connectivity index (χ1) is 8.70. The molecular weight excluding hydrogens is 244 g/mol. The van der Waals surface area contributed by atoms with Crippen molar-refractivity contribution in [2.45, 2.75) is 30.7 Å². The zero-order valence-electron chi connectivity index (χ0n) is 10.7. The third-order valence-electron chi connectivity index (χ3n) is 3.26. The summed E-state index contributed by atoms with van der Waals surface area (Å²) in [4.78, 5) is 15.1. The minimum Gasteiger partial charge on any atom is -0.351 e. The Morgan fingerprint density at radius 2 is 2.28 bits per heavy atom. The molecule has 1 aromatic carbocycles. The van der Waals surface area contributed by atoms with Crippen molar-refractivity contribution in [3.05, 3.63) is 29.8 Å². The maximum Gasteiger partial charge on any atom is 0.251 e. The van der Waals surface area contributed by atoms with Crippen molar-refractivity contribution in [2.24, 2.45) is 0 Å². The molecule has 1 N–H and O–H groups in total. The minimum absolute atomic E-state index is 0.0160. The number of nitrogens with zero attached hydrogens (tertiary/aromatic N) is 1. The molecular formula is C14H20N2OS. The fourth-order valence-corrected chi connectivity index (χ4v) is 2.33. The molecule has 0 bridgehead atoms. The van der Waals surface area contributed by atoms with Crippen LogP contribution in [0.3, 0.4) is 0 Å². The molecule has 1 aromatic rings. The maximum absolute atomic E-state index is 11.9. The first-order valence-corrected chi connectivity index (χ1v) is 6.96. The molecule has 0 saturated heterocycles. The summed E-state index contributed by atoms with van der Waals surface area (Å²) in [6.07, 6.45) is 2.62. The lowest BCUT2D eigenvalue weighted by Crippen LogP contribution is -2.36. The van der Waals surface area contributed by atoms with Gasteiger partial charge in [-0.3, -0.25) is 9.69 Å². The molecule has 0 radical (unpaired) electrons. The number of nitrogens with one attached hydrogen (secondary N) is 1. The topological polar surface area (TPSA) is 32.3 Å². The minimum atomic E-state index is -0.0160. The fraction of sp³-hybridized carbons (Fsp3) is 0.500. The highest BCUT2D eigenvalue weighted by molar-refractivity contribution is 7.80. The van der Waals surface area contributed by atoms with Crippen molar-refractivity contribution in [2.75, 3.05) is 19.6 Å². The summed E-state index contributed by atoms with van der Waals surface area (Å²) in [6.45, 7) is 4.88. The smallest absolute Gasteiger partial charge is 0.251 e. The first kappa shape index (κ1) is 13.4. The Morgan fingerprint density at radius 1 is 1.50 bits per heavy atom. The summed E-state index contributed by atoms with van der Waals surface area (Å²) < 4.78 is 0. The van der Waals surface area contributed by atoms with Crippen molar-refractivity contribution in [1.82, 2.24) is 10.2 Å². The van der Waals surface area contributed by atoms with Crippen molar-refractivity contribution in [3.8, 4) is 0 Å². The van der Waals surface area contributed by atoms with E-state index in [1.165, 1.54) is 12.8 Å².